The highest BCUT2D eigenvalue weighted by molar-refractivity contribution is 14.0. The quantitative estimate of drug-likeness (QED) is 0.244. The van der Waals surface area contributed by atoms with Crippen LogP contribution in [0.5, 0.6) is 17.2 Å². The Balaban J connectivity index is 0.00000392. The number of aliphatic imine (C=N–C) groups is 1. The molecule has 0 aliphatic heterocycles. The molecule has 0 aliphatic carbocycles. The van der Waals surface area contributed by atoms with E-state index in [9.17, 15) is 8.78 Å². The molecule has 0 spiro atoms. The minimum absolute atomic E-state index is 0. The average Bonchev–Trinajstić information content (AvgIpc) is 2.67. The summed E-state index contributed by atoms with van der Waals surface area (Å²) in [5, 5.41) is 6.27. The summed E-state index contributed by atoms with van der Waals surface area (Å²) >= 11 is 0. The van der Waals surface area contributed by atoms with Gasteiger partial charge in [-0.3, -0.25) is 0 Å². The van der Waals surface area contributed by atoms with Gasteiger partial charge in [-0.2, -0.15) is 0 Å². The molecule has 0 aromatic heterocycles. The van der Waals surface area contributed by atoms with Crippen molar-refractivity contribution in [2.45, 2.75) is 6.92 Å². The van der Waals surface area contributed by atoms with Crippen molar-refractivity contribution >= 4 is 35.6 Å². The molecule has 2 N–H and O–H groups in total. The van der Waals surface area contributed by atoms with Gasteiger partial charge in [-0.1, -0.05) is 0 Å². The molecular formula is C19H24F2IN3O3. The summed E-state index contributed by atoms with van der Waals surface area (Å²) < 4.78 is 41.9. The van der Waals surface area contributed by atoms with Crippen LogP contribution in [0.2, 0.25) is 0 Å². The van der Waals surface area contributed by atoms with Crippen molar-refractivity contribution in [2.75, 3.05) is 39.2 Å². The fraction of sp³-hybridized carbons (Fsp3) is 0.316. The van der Waals surface area contributed by atoms with E-state index in [4.69, 9.17) is 14.2 Å². The van der Waals surface area contributed by atoms with E-state index in [0.29, 0.717) is 30.5 Å². The second kappa shape index (κ2) is 12.2. The smallest absolute Gasteiger partial charge is 0.195 e. The van der Waals surface area contributed by atoms with Gasteiger partial charge in [-0.05, 0) is 31.2 Å². The predicted octanol–water partition coefficient (Wildman–Crippen LogP) is 4.06. The first-order chi connectivity index (χ1) is 13.1. The number of hydrogen-bond donors (Lipinski definition) is 2. The molecule has 0 atom stereocenters. The molecular weight excluding hydrogens is 483 g/mol. The molecule has 0 bridgehead atoms. The fourth-order valence-electron chi connectivity index (χ4n) is 2.25. The highest BCUT2D eigenvalue weighted by Gasteiger charge is 2.06. The molecule has 6 nitrogen and oxygen atoms in total. The molecule has 2 aromatic carbocycles. The normalized spacial score (nSPS) is 10.7. The number of guanidine groups is 1. The summed E-state index contributed by atoms with van der Waals surface area (Å²) in [4.78, 5) is 4.39. The molecule has 154 valence electrons. The molecule has 28 heavy (non-hydrogen) atoms. The summed E-state index contributed by atoms with van der Waals surface area (Å²) in [6, 6.07) is 8.82. The summed E-state index contributed by atoms with van der Waals surface area (Å²) in [6.45, 7) is 3.15. The summed E-state index contributed by atoms with van der Waals surface area (Å²) in [6.07, 6.45) is 0. The van der Waals surface area contributed by atoms with E-state index in [1.807, 2.05) is 13.0 Å². The minimum Gasteiger partial charge on any atom is -0.493 e. The molecule has 0 unspecified atom stereocenters. The van der Waals surface area contributed by atoms with Crippen LogP contribution in [-0.4, -0.2) is 39.9 Å². The van der Waals surface area contributed by atoms with Crippen molar-refractivity contribution in [1.29, 1.82) is 0 Å². The van der Waals surface area contributed by atoms with Gasteiger partial charge in [0.05, 0.1) is 20.8 Å². The van der Waals surface area contributed by atoms with Gasteiger partial charge >= 0.3 is 0 Å². The van der Waals surface area contributed by atoms with Crippen LogP contribution in [0, 0.1) is 11.6 Å². The van der Waals surface area contributed by atoms with Crippen molar-refractivity contribution < 1.29 is 23.0 Å². The molecule has 9 heteroatoms. The number of methoxy groups -OCH3 is 2. The number of ether oxygens (including phenoxy) is 3. The fourth-order valence-corrected chi connectivity index (χ4v) is 2.25. The lowest BCUT2D eigenvalue weighted by Crippen LogP contribution is -2.31. The SMILES string of the molecule is CCNC(=NCCOc1ccc(F)c(F)c1)Nc1ccc(OC)c(OC)c1.I. The zero-order valence-corrected chi connectivity index (χ0v) is 18.3. The molecule has 0 aliphatic rings. The van der Waals surface area contributed by atoms with E-state index in [1.165, 1.54) is 6.07 Å². The Labute approximate surface area is 180 Å². The van der Waals surface area contributed by atoms with Crippen LogP contribution in [0.4, 0.5) is 14.5 Å². The van der Waals surface area contributed by atoms with Crippen LogP contribution in [0.15, 0.2) is 41.4 Å². The summed E-state index contributed by atoms with van der Waals surface area (Å²) in [5.74, 6) is 0.180. The molecule has 2 aromatic rings. The second-order valence-electron chi connectivity index (χ2n) is 5.38. The lowest BCUT2D eigenvalue weighted by molar-refractivity contribution is 0.325. The lowest BCUT2D eigenvalue weighted by Gasteiger charge is -2.14. The van der Waals surface area contributed by atoms with E-state index >= 15 is 0 Å². The van der Waals surface area contributed by atoms with Crippen LogP contribution in [-0.2, 0) is 0 Å². The molecule has 0 saturated heterocycles. The average molecular weight is 507 g/mol. The van der Waals surface area contributed by atoms with Gasteiger partial charge in [0.25, 0.3) is 0 Å². The van der Waals surface area contributed by atoms with E-state index in [0.717, 1.165) is 17.8 Å². The summed E-state index contributed by atoms with van der Waals surface area (Å²) in [5.41, 5.74) is 0.772. The third-order valence-electron chi connectivity index (χ3n) is 3.51. The monoisotopic (exact) mass is 507 g/mol. The van der Waals surface area contributed by atoms with E-state index in [2.05, 4.69) is 15.6 Å². The topological polar surface area (TPSA) is 64.1 Å². The van der Waals surface area contributed by atoms with Crippen molar-refractivity contribution in [1.82, 2.24) is 5.32 Å². The largest absolute Gasteiger partial charge is 0.493 e. The van der Waals surface area contributed by atoms with E-state index in [1.54, 1.807) is 26.4 Å². The highest BCUT2D eigenvalue weighted by atomic mass is 127. The third kappa shape index (κ3) is 7.02. The van der Waals surface area contributed by atoms with Gasteiger partial charge in [-0.15, -0.1) is 24.0 Å². The maximum absolute atomic E-state index is 13.2. The minimum atomic E-state index is -0.945. The van der Waals surface area contributed by atoms with Crippen LogP contribution >= 0.6 is 24.0 Å². The van der Waals surface area contributed by atoms with E-state index in [-0.39, 0.29) is 36.3 Å². The van der Waals surface area contributed by atoms with Crippen molar-refractivity contribution in [3.63, 3.8) is 0 Å². The Bertz CT molecular complexity index is 791. The first-order valence-electron chi connectivity index (χ1n) is 8.42. The van der Waals surface area contributed by atoms with Crippen molar-refractivity contribution in [3.8, 4) is 17.2 Å². The second-order valence-corrected chi connectivity index (χ2v) is 5.38. The standard InChI is InChI=1S/C19H23F2N3O3.HI/c1-4-22-19(24-13-5-8-17(25-2)18(11-13)26-3)23-9-10-27-14-6-7-15(20)16(21)12-14;/h5-8,11-12H,4,9-10H2,1-3H3,(H2,22,23,24);1H. The number of rotatable bonds is 8. The maximum atomic E-state index is 13.2. The molecule has 0 saturated carbocycles. The molecule has 0 heterocycles. The molecule has 2 rings (SSSR count). The summed E-state index contributed by atoms with van der Waals surface area (Å²) in [7, 11) is 3.14. The number of benzene rings is 2. The van der Waals surface area contributed by atoms with Gasteiger partial charge in [0.2, 0.25) is 0 Å². The first kappa shape index (κ1) is 23.7. The third-order valence-corrected chi connectivity index (χ3v) is 3.51. The van der Waals surface area contributed by atoms with Gasteiger partial charge in [0.15, 0.2) is 29.1 Å². The van der Waals surface area contributed by atoms with Crippen LogP contribution < -0.4 is 24.8 Å². The molecule has 0 amide bonds. The Morgan fingerprint density at radius 1 is 1.00 bits per heavy atom. The van der Waals surface area contributed by atoms with Gasteiger partial charge in [0.1, 0.15) is 12.4 Å². The predicted molar refractivity (Wildman–Crippen MR) is 116 cm³/mol. The first-order valence-corrected chi connectivity index (χ1v) is 8.42. The number of anilines is 1. The molecule has 0 fully saturated rings. The number of hydrogen-bond acceptors (Lipinski definition) is 4. The van der Waals surface area contributed by atoms with Crippen LogP contribution in [0.1, 0.15) is 6.92 Å². The van der Waals surface area contributed by atoms with E-state index < -0.39 is 11.6 Å². The number of halogens is 3. The highest BCUT2D eigenvalue weighted by Crippen LogP contribution is 2.29. The van der Waals surface area contributed by atoms with Crippen molar-refractivity contribution in [2.24, 2.45) is 4.99 Å². The number of nitrogens with zero attached hydrogens (tertiary/aromatic N) is 1. The Morgan fingerprint density at radius 3 is 2.39 bits per heavy atom. The van der Waals surface area contributed by atoms with Crippen LogP contribution in [0.3, 0.4) is 0 Å². The van der Waals surface area contributed by atoms with Crippen LogP contribution in [0.25, 0.3) is 0 Å². The Hall–Kier alpha value is -2.30. The molecule has 0 radical (unpaired) electrons. The lowest BCUT2D eigenvalue weighted by atomic mass is 10.3. The zero-order valence-electron chi connectivity index (χ0n) is 15.9. The van der Waals surface area contributed by atoms with Gasteiger partial charge in [0, 0.05) is 24.4 Å². The Kier molecular flexibility index (Phi) is 10.4. The van der Waals surface area contributed by atoms with Crippen molar-refractivity contribution in [3.05, 3.63) is 48.0 Å². The maximum Gasteiger partial charge on any atom is 0.195 e. The zero-order chi connectivity index (χ0) is 19.6. The number of nitrogens with one attached hydrogen (secondary N) is 2. The van der Waals surface area contributed by atoms with Gasteiger partial charge < -0.3 is 24.8 Å². The Morgan fingerprint density at radius 2 is 1.75 bits per heavy atom. The van der Waals surface area contributed by atoms with Gasteiger partial charge in [-0.25, -0.2) is 13.8 Å².